The van der Waals surface area contributed by atoms with Gasteiger partial charge in [0.1, 0.15) is 11.6 Å². The Bertz CT molecular complexity index is 640. The normalized spacial score (nSPS) is 19.4. The molecule has 22 heavy (non-hydrogen) atoms. The van der Waals surface area contributed by atoms with Crippen LogP contribution in [0.3, 0.4) is 0 Å². The number of carbonyl (C=O) groups excluding carboxylic acids is 1. The second-order valence-electron chi connectivity index (χ2n) is 5.70. The van der Waals surface area contributed by atoms with Gasteiger partial charge in [0.2, 0.25) is 15.9 Å². The molecule has 0 bridgehead atoms. The van der Waals surface area contributed by atoms with Gasteiger partial charge in [-0.15, -0.1) is 0 Å². The summed E-state index contributed by atoms with van der Waals surface area (Å²) in [6.45, 7) is 5.21. The maximum atomic E-state index is 12.2. The molecule has 0 spiro atoms. The molecule has 1 atom stereocenters. The molecule has 1 aliphatic heterocycles. The summed E-state index contributed by atoms with van der Waals surface area (Å²) in [5, 5.41) is 4.40. The van der Waals surface area contributed by atoms with Crippen LogP contribution in [-0.4, -0.2) is 59.9 Å². The van der Waals surface area contributed by atoms with Crippen LogP contribution in [0.5, 0.6) is 0 Å². The summed E-state index contributed by atoms with van der Waals surface area (Å²) in [5.74, 6) is 1.56. The molecule has 1 aromatic heterocycles. The third-order valence-corrected chi connectivity index (χ3v) is 4.43. The number of hydrogen-bond acceptors (Lipinski definition) is 5. The molecule has 8 nitrogen and oxygen atoms in total. The molecule has 1 N–H and O–H groups in total. The summed E-state index contributed by atoms with van der Waals surface area (Å²) < 4.78 is 26.3. The van der Waals surface area contributed by atoms with Crippen molar-refractivity contribution in [2.45, 2.75) is 39.2 Å². The van der Waals surface area contributed by atoms with Crippen molar-refractivity contribution in [3.63, 3.8) is 0 Å². The molecule has 124 valence electrons. The molecular weight excluding hydrogens is 306 g/mol. The number of aryl methyl sites for hydroxylation is 2. The van der Waals surface area contributed by atoms with E-state index in [0.29, 0.717) is 13.1 Å². The number of sulfonamides is 1. The molecule has 0 aromatic carbocycles. The highest BCUT2D eigenvalue weighted by atomic mass is 32.2. The third kappa shape index (κ3) is 4.51. The van der Waals surface area contributed by atoms with Crippen LogP contribution in [0.2, 0.25) is 0 Å². The van der Waals surface area contributed by atoms with E-state index in [4.69, 9.17) is 0 Å². The lowest BCUT2D eigenvalue weighted by Crippen LogP contribution is -2.42. The molecule has 1 fully saturated rings. The standard InChI is InChI=1S/C13H23N5O3S/c1-10-15-11(2)18(16-10)12-5-4-8-17(9-12)13(19)6-7-14-22(3,20)21/h12,14H,4-9H2,1-3H3. The predicted octanol–water partition coefficient (Wildman–Crippen LogP) is -0.00226. The first-order valence-corrected chi connectivity index (χ1v) is 9.27. The van der Waals surface area contributed by atoms with Gasteiger partial charge in [0.05, 0.1) is 12.3 Å². The number of hydrogen-bond donors (Lipinski definition) is 1. The molecular formula is C13H23N5O3S. The smallest absolute Gasteiger partial charge is 0.223 e. The molecule has 2 rings (SSSR count). The Morgan fingerprint density at radius 3 is 2.73 bits per heavy atom. The molecule has 0 radical (unpaired) electrons. The minimum absolute atomic E-state index is 0.0321. The molecule has 1 aromatic rings. The van der Waals surface area contributed by atoms with Crippen molar-refractivity contribution in [2.24, 2.45) is 0 Å². The third-order valence-electron chi connectivity index (χ3n) is 3.71. The van der Waals surface area contributed by atoms with E-state index in [-0.39, 0.29) is 24.9 Å². The van der Waals surface area contributed by atoms with Crippen molar-refractivity contribution in [2.75, 3.05) is 25.9 Å². The van der Waals surface area contributed by atoms with E-state index in [1.165, 1.54) is 0 Å². The zero-order valence-corrected chi connectivity index (χ0v) is 14.1. The Morgan fingerprint density at radius 2 is 2.14 bits per heavy atom. The van der Waals surface area contributed by atoms with Crippen molar-refractivity contribution < 1.29 is 13.2 Å². The summed E-state index contributed by atoms with van der Waals surface area (Å²) in [7, 11) is -3.25. The van der Waals surface area contributed by atoms with Crippen LogP contribution in [-0.2, 0) is 14.8 Å². The number of likely N-dealkylation sites (tertiary alicyclic amines) is 1. The predicted molar refractivity (Wildman–Crippen MR) is 81.8 cm³/mol. The molecule has 0 aliphatic carbocycles. The number of amides is 1. The van der Waals surface area contributed by atoms with Crippen LogP contribution < -0.4 is 4.72 Å². The summed E-state index contributed by atoms with van der Waals surface area (Å²) in [6, 6.07) is 0.141. The van der Waals surface area contributed by atoms with Crippen LogP contribution >= 0.6 is 0 Å². The van der Waals surface area contributed by atoms with Gasteiger partial charge in [0.25, 0.3) is 0 Å². The zero-order valence-electron chi connectivity index (χ0n) is 13.2. The SMILES string of the molecule is Cc1nc(C)n(C2CCCN(C(=O)CCNS(C)(=O)=O)C2)n1. The maximum absolute atomic E-state index is 12.2. The monoisotopic (exact) mass is 329 g/mol. The topological polar surface area (TPSA) is 97.2 Å². The summed E-state index contributed by atoms with van der Waals surface area (Å²) >= 11 is 0. The fourth-order valence-electron chi connectivity index (χ4n) is 2.76. The van der Waals surface area contributed by atoms with E-state index < -0.39 is 10.0 Å². The first-order valence-electron chi connectivity index (χ1n) is 7.38. The molecule has 1 amide bonds. The number of rotatable bonds is 5. The number of nitrogens with zero attached hydrogens (tertiary/aromatic N) is 4. The fourth-order valence-corrected chi connectivity index (χ4v) is 3.24. The van der Waals surface area contributed by atoms with E-state index >= 15 is 0 Å². The van der Waals surface area contributed by atoms with Gasteiger partial charge in [0, 0.05) is 26.1 Å². The van der Waals surface area contributed by atoms with Crippen LogP contribution in [0.25, 0.3) is 0 Å². The maximum Gasteiger partial charge on any atom is 0.223 e. The van der Waals surface area contributed by atoms with Crippen LogP contribution in [0.15, 0.2) is 0 Å². The lowest BCUT2D eigenvalue weighted by molar-refractivity contribution is -0.132. The van der Waals surface area contributed by atoms with Crippen LogP contribution in [0, 0.1) is 13.8 Å². The molecule has 2 heterocycles. The zero-order chi connectivity index (χ0) is 16.3. The Kier molecular flexibility index (Phi) is 5.17. The number of aromatic nitrogens is 3. The lowest BCUT2D eigenvalue weighted by Gasteiger charge is -2.33. The van der Waals surface area contributed by atoms with Gasteiger partial charge in [-0.2, -0.15) is 5.10 Å². The summed E-state index contributed by atoms with van der Waals surface area (Å²) in [5.41, 5.74) is 0. The molecule has 0 saturated carbocycles. The molecule has 1 saturated heterocycles. The lowest BCUT2D eigenvalue weighted by atomic mass is 10.1. The second-order valence-corrected chi connectivity index (χ2v) is 7.54. The minimum Gasteiger partial charge on any atom is -0.341 e. The highest BCUT2D eigenvalue weighted by molar-refractivity contribution is 7.88. The van der Waals surface area contributed by atoms with Gasteiger partial charge in [-0.05, 0) is 26.7 Å². The van der Waals surface area contributed by atoms with E-state index in [1.807, 2.05) is 18.5 Å². The first-order chi connectivity index (χ1) is 10.3. The van der Waals surface area contributed by atoms with Crippen LogP contribution in [0.4, 0.5) is 0 Å². The quantitative estimate of drug-likeness (QED) is 0.820. The van der Waals surface area contributed by atoms with Gasteiger partial charge in [0.15, 0.2) is 0 Å². The number of piperidine rings is 1. The Morgan fingerprint density at radius 1 is 1.41 bits per heavy atom. The highest BCUT2D eigenvalue weighted by Crippen LogP contribution is 2.22. The molecule has 1 unspecified atom stereocenters. The van der Waals surface area contributed by atoms with Crippen molar-refractivity contribution in [1.29, 1.82) is 0 Å². The van der Waals surface area contributed by atoms with Gasteiger partial charge < -0.3 is 4.90 Å². The Labute approximate surface area is 130 Å². The van der Waals surface area contributed by atoms with E-state index in [0.717, 1.165) is 30.7 Å². The average molecular weight is 329 g/mol. The fraction of sp³-hybridized carbons (Fsp3) is 0.769. The largest absolute Gasteiger partial charge is 0.341 e. The number of carbonyl (C=O) groups is 1. The van der Waals surface area contributed by atoms with Crippen molar-refractivity contribution in [3.8, 4) is 0 Å². The van der Waals surface area contributed by atoms with E-state index in [2.05, 4.69) is 14.8 Å². The summed E-state index contributed by atoms with van der Waals surface area (Å²) in [4.78, 5) is 18.3. The average Bonchev–Trinajstić information content (AvgIpc) is 2.76. The number of nitrogens with one attached hydrogen (secondary N) is 1. The Balaban J connectivity index is 1.93. The Hall–Kier alpha value is -1.48. The van der Waals surface area contributed by atoms with Crippen molar-refractivity contribution in [1.82, 2.24) is 24.4 Å². The minimum atomic E-state index is -3.25. The van der Waals surface area contributed by atoms with E-state index in [1.54, 1.807) is 4.90 Å². The van der Waals surface area contributed by atoms with Gasteiger partial charge in [-0.1, -0.05) is 0 Å². The first kappa shape index (κ1) is 16.9. The molecule has 1 aliphatic rings. The van der Waals surface area contributed by atoms with E-state index in [9.17, 15) is 13.2 Å². The van der Waals surface area contributed by atoms with Crippen LogP contribution in [0.1, 0.15) is 37.0 Å². The van der Waals surface area contributed by atoms with Gasteiger partial charge in [-0.3, -0.25) is 4.79 Å². The summed E-state index contributed by atoms with van der Waals surface area (Å²) in [6.07, 6.45) is 3.14. The highest BCUT2D eigenvalue weighted by Gasteiger charge is 2.26. The molecule has 9 heteroatoms. The van der Waals surface area contributed by atoms with Crippen molar-refractivity contribution >= 4 is 15.9 Å². The van der Waals surface area contributed by atoms with Crippen molar-refractivity contribution in [3.05, 3.63) is 11.6 Å². The van der Waals surface area contributed by atoms with Gasteiger partial charge in [-0.25, -0.2) is 22.8 Å². The second kappa shape index (κ2) is 6.74. The van der Waals surface area contributed by atoms with Gasteiger partial charge >= 0.3 is 0 Å².